The van der Waals surface area contributed by atoms with Crippen LogP contribution >= 0.6 is 11.6 Å². The van der Waals surface area contributed by atoms with Crippen molar-refractivity contribution in [3.63, 3.8) is 0 Å². The number of carbonyl (C=O) groups is 1. The second kappa shape index (κ2) is 6.63. The van der Waals surface area contributed by atoms with Crippen molar-refractivity contribution in [3.8, 4) is 11.5 Å². The van der Waals surface area contributed by atoms with E-state index in [-0.39, 0.29) is 29.6 Å². The number of aryl methyl sites for hydroxylation is 1. The lowest BCUT2D eigenvalue weighted by Crippen LogP contribution is -2.21. The van der Waals surface area contributed by atoms with E-state index in [2.05, 4.69) is 15.3 Å². The molecule has 0 N–H and O–H groups in total. The van der Waals surface area contributed by atoms with E-state index in [4.69, 9.17) is 20.8 Å². The quantitative estimate of drug-likeness (QED) is 0.664. The molecule has 0 saturated carbocycles. The molecular formula is C15H11ClN4O4. The topological polar surface area (TPSA) is 100 Å². The van der Waals surface area contributed by atoms with Crippen LogP contribution in [-0.4, -0.2) is 25.9 Å². The summed E-state index contributed by atoms with van der Waals surface area (Å²) in [4.78, 5) is 23.1. The first-order valence-electron chi connectivity index (χ1n) is 6.83. The molecule has 1 aromatic carbocycles. The van der Waals surface area contributed by atoms with E-state index in [0.717, 1.165) is 4.68 Å². The number of carbonyl (C=O) groups excluding carboxylic acids is 1. The third-order valence-corrected chi connectivity index (χ3v) is 3.31. The highest BCUT2D eigenvalue weighted by molar-refractivity contribution is 6.30. The number of hydrogen-bond acceptors (Lipinski definition) is 7. The first-order valence-corrected chi connectivity index (χ1v) is 7.20. The molecule has 0 aliphatic rings. The zero-order valence-corrected chi connectivity index (χ0v) is 13.2. The molecule has 0 aliphatic carbocycles. The number of halogens is 1. The number of aromatic nitrogens is 4. The van der Waals surface area contributed by atoms with Gasteiger partial charge in [0.05, 0.1) is 0 Å². The summed E-state index contributed by atoms with van der Waals surface area (Å²) >= 11 is 5.82. The minimum absolute atomic E-state index is 0.00883. The molecule has 8 nitrogen and oxygen atoms in total. The molecule has 0 fully saturated rings. The van der Waals surface area contributed by atoms with Crippen LogP contribution in [0.5, 0.6) is 0 Å². The van der Waals surface area contributed by atoms with Gasteiger partial charge in [-0.25, -0.2) is 9.48 Å². The Balaban J connectivity index is 1.66. The van der Waals surface area contributed by atoms with Crippen LogP contribution in [0.25, 0.3) is 11.5 Å². The minimum atomic E-state index is -0.697. The summed E-state index contributed by atoms with van der Waals surface area (Å²) in [6.45, 7) is -0.204. The number of ether oxygens (including phenoxy) is 1. The van der Waals surface area contributed by atoms with E-state index >= 15 is 0 Å². The smallest absolute Gasteiger partial charge is 0.359 e. The van der Waals surface area contributed by atoms with E-state index in [0.29, 0.717) is 10.6 Å². The van der Waals surface area contributed by atoms with E-state index in [9.17, 15) is 9.59 Å². The number of rotatable bonds is 4. The summed E-state index contributed by atoms with van der Waals surface area (Å²) in [7, 11) is 1.44. The monoisotopic (exact) mass is 346 g/mol. The average Bonchev–Trinajstić information content (AvgIpc) is 3.05. The highest BCUT2D eigenvalue weighted by Gasteiger charge is 2.14. The molecule has 0 radical (unpaired) electrons. The van der Waals surface area contributed by atoms with Gasteiger partial charge in [0.15, 0.2) is 12.3 Å². The maximum atomic E-state index is 11.9. The maximum absolute atomic E-state index is 11.9. The average molecular weight is 347 g/mol. The fourth-order valence-electron chi connectivity index (χ4n) is 1.83. The van der Waals surface area contributed by atoms with E-state index in [1.54, 1.807) is 24.3 Å². The van der Waals surface area contributed by atoms with Crippen LogP contribution in [0.2, 0.25) is 5.02 Å². The molecule has 24 heavy (non-hydrogen) atoms. The second-order valence-corrected chi connectivity index (χ2v) is 5.20. The Hall–Kier alpha value is -3.00. The fraction of sp³-hybridized carbons (Fsp3) is 0.133. The maximum Gasteiger partial charge on any atom is 0.359 e. The number of esters is 1. The van der Waals surface area contributed by atoms with Gasteiger partial charge in [-0.05, 0) is 30.3 Å². The molecule has 122 valence electrons. The summed E-state index contributed by atoms with van der Waals surface area (Å²) in [5.74, 6) is -0.270. The second-order valence-electron chi connectivity index (χ2n) is 4.76. The van der Waals surface area contributed by atoms with Crippen molar-refractivity contribution in [2.24, 2.45) is 7.05 Å². The summed E-state index contributed by atoms with van der Waals surface area (Å²) in [6, 6.07) is 9.39. The molecule has 0 aliphatic heterocycles. The third-order valence-electron chi connectivity index (χ3n) is 3.05. The van der Waals surface area contributed by atoms with Crippen LogP contribution in [-0.2, 0) is 18.4 Å². The zero-order chi connectivity index (χ0) is 17.1. The van der Waals surface area contributed by atoms with Gasteiger partial charge in [-0.3, -0.25) is 4.79 Å². The van der Waals surface area contributed by atoms with E-state index in [1.165, 1.54) is 19.2 Å². The third kappa shape index (κ3) is 3.49. The Kier molecular flexibility index (Phi) is 4.39. The lowest BCUT2D eigenvalue weighted by molar-refractivity contribution is 0.0429. The predicted octanol–water partition coefficient (Wildman–Crippen LogP) is 1.84. The van der Waals surface area contributed by atoms with Crippen LogP contribution in [0.15, 0.2) is 45.6 Å². The van der Waals surface area contributed by atoms with Gasteiger partial charge in [0.25, 0.3) is 11.4 Å². The summed E-state index contributed by atoms with van der Waals surface area (Å²) in [6.07, 6.45) is 0. The molecule has 3 rings (SSSR count). The van der Waals surface area contributed by atoms with E-state index < -0.39 is 5.97 Å². The normalized spacial score (nSPS) is 10.6. The molecule has 2 heterocycles. The lowest BCUT2D eigenvalue weighted by atomic mass is 10.2. The number of benzene rings is 1. The van der Waals surface area contributed by atoms with Gasteiger partial charge >= 0.3 is 5.97 Å². The molecule has 0 saturated heterocycles. The molecule has 0 unspecified atom stereocenters. The predicted molar refractivity (Wildman–Crippen MR) is 83.3 cm³/mol. The fourth-order valence-corrected chi connectivity index (χ4v) is 1.96. The molecule has 0 amide bonds. The standard InChI is InChI=1S/C15H11ClN4O4/c1-20-13(21)7-6-11(19-20)15(22)23-8-12-17-18-14(24-12)9-2-4-10(16)5-3-9/h2-7H,8H2,1H3. The highest BCUT2D eigenvalue weighted by Crippen LogP contribution is 2.20. The van der Waals surface area contributed by atoms with Crippen molar-refractivity contribution < 1.29 is 13.9 Å². The number of hydrogen-bond donors (Lipinski definition) is 0. The Morgan fingerprint density at radius 3 is 2.67 bits per heavy atom. The van der Waals surface area contributed by atoms with Gasteiger partial charge < -0.3 is 9.15 Å². The molecular weight excluding hydrogens is 336 g/mol. The van der Waals surface area contributed by atoms with Crippen LogP contribution in [0.1, 0.15) is 16.4 Å². The molecule has 9 heteroatoms. The van der Waals surface area contributed by atoms with Crippen molar-refractivity contribution in [2.45, 2.75) is 6.61 Å². The molecule has 3 aromatic rings. The number of nitrogens with zero attached hydrogens (tertiary/aromatic N) is 4. The molecule has 0 bridgehead atoms. The Labute approximate surface area is 140 Å². The largest absolute Gasteiger partial charge is 0.451 e. The van der Waals surface area contributed by atoms with Crippen molar-refractivity contribution in [3.05, 3.63) is 63.4 Å². The molecule has 0 spiro atoms. The van der Waals surface area contributed by atoms with Crippen molar-refractivity contribution in [1.82, 2.24) is 20.0 Å². The van der Waals surface area contributed by atoms with Crippen molar-refractivity contribution in [2.75, 3.05) is 0 Å². The lowest BCUT2D eigenvalue weighted by Gasteiger charge is -2.02. The Bertz CT molecular complexity index is 933. The van der Waals surface area contributed by atoms with Crippen LogP contribution < -0.4 is 5.56 Å². The van der Waals surface area contributed by atoms with Crippen molar-refractivity contribution >= 4 is 17.6 Å². The first-order chi connectivity index (χ1) is 11.5. The molecule has 2 aromatic heterocycles. The van der Waals surface area contributed by atoms with Gasteiger partial charge in [-0.1, -0.05) is 11.6 Å². The van der Waals surface area contributed by atoms with Gasteiger partial charge in [-0.15, -0.1) is 10.2 Å². The van der Waals surface area contributed by atoms with Crippen molar-refractivity contribution in [1.29, 1.82) is 0 Å². The summed E-state index contributed by atoms with van der Waals surface area (Å²) in [5, 5.41) is 12.1. The summed E-state index contributed by atoms with van der Waals surface area (Å²) in [5.41, 5.74) is 0.384. The van der Waals surface area contributed by atoms with Gasteiger partial charge in [-0.2, -0.15) is 5.10 Å². The summed E-state index contributed by atoms with van der Waals surface area (Å²) < 4.78 is 11.5. The van der Waals surface area contributed by atoms with Crippen LogP contribution in [0.4, 0.5) is 0 Å². The van der Waals surface area contributed by atoms with Gasteiger partial charge in [0.1, 0.15) is 0 Å². The Morgan fingerprint density at radius 1 is 1.21 bits per heavy atom. The molecule has 0 atom stereocenters. The van der Waals surface area contributed by atoms with Gasteiger partial charge in [0, 0.05) is 23.7 Å². The zero-order valence-electron chi connectivity index (χ0n) is 12.5. The SMILES string of the molecule is Cn1nc(C(=O)OCc2nnc(-c3ccc(Cl)cc3)o2)ccc1=O. The first kappa shape index (κ1) is 15.9. The van der Waals surface area contributed by atoms with E-state index in [1.807, 2.05) is 0 Å². The highest BCUT2D eigenvalue weighted by atomic mass is 35.5. The van der Waals surface area contributed by atoms with Crippen LogP contribution in [0, 0.1) is 0 Å². The minimum Gasteiger partial charge on any atom is -0.451 e. The van der Waals surface area contributed by atoms with Crippen LogP contribution in [0.3, 0.4) is 0 Å². The van der Waals surface area contributed by atoms with Gasteiger partial charge in [0.2, 0.25) is 5.89 Å². The Morgan fingerprint density at radius 2 is 1.96 bits per heavy atom.